The summed E-state index contributed by atoms with van der Waals surface area (Å²) in [6.07, 6.45) is 14.9. The Morgan fingerprint density at radius 2 is 1.26 bits per heavy atom. The van der Waals surface area contributed by atoms with Crippen molar-refractivity contribution in [1.29, 1.82) is 0 Å². The molecule has 19 heavy (non-hydrogen) atoms. The quantitative estimate of drug-likeness (QED) is 0.345. The molecule has 0 aliphatic rings. The van der Waals surface area contributed by atoms with E-state index in [1.165, 1.54) is 64.2 Å². The van der Waals surface area contributed by atoms with Crippen LogP contribution in [-0.4, -0.2) is 5.54 Å². The standard InChI is InChI=1S/C17H35N.ClH/c1-5-6-7-8-9-10-11-12-13-14-15-17(4,18)16(2)3;/h2,5-15,18H2,1,3-4H3;1H. The van der Waals surface area contributed by atoms with Crippen molar-refractivity contribution in [3.05, 3.63) is 12.2 Å². The molecule has 0 amide bonds. The molecule has 0 saturated carbocycles. The van der Waals surface area contributed by atoms with Crippen molar-refractivity contribution in [3.8, 4) is 0 Å². The Labute approximate surface area is 127 Å². The average Bonchev–Trinajstić information content (AvgIpc) is 2.31. The molecule has 0 spiro atoms. The molecule has 0 aliphatic carbocycles. The maximum atomic E-state index is 6.17. The number of unbranched alkanes of at least 4 members (excludes halogenated alkanes) is 9. The molecule has 0 aromatic carbocycles. The van der Waals surface area contributed by atoms with Gasteiger partial charge in [-0.15, -0.1) is 12.4 Å². The van der Waals surface area contributed by atoms with Crippen molar-refractivity contribution in [1.82, 2.24) is 0 Å². The minimum Gasteiger partial charge on any atom is -0.322 e. The highest BCUT2D eigenvalue weighted by Gasteiger charge is 2.17. The van der Waals surface area contributed by atoms with E-state index in [2.05, 4.69) is 20.4 Å². The van der Waals surface area contributed by atoms with E-state index in [1.807, 2.05) is 6.92 Å². The van der Waals surface area contributed by atoms with E-state index in [-0.39, 0.29) is 17.9 Å². The topological polar surface area (TPSA) is 26.0 Å². The smallest absolute Gasteiger partial charge is 0.0334 e. The van der Waals surface area contributed by atoms with Crippen LogP contribution in [0.3, 0.4) is 0 Å². The third-order valence-electron chi connectivity index (χ3n) is 4.02. The highest BCUT2D eigenvalue weighted by molar-refractivity contribution is 5.85. The second-order valence-electron chi connectivity index (χ2n) is 6.13. The number of hydrogen-bond acceptors (Lipinski definition) is 1. The van der Waals surface area contributed by atoms with Crippen LogP contribution >= 0.6 is 12.4 Å². The maximum absolute atomic E-state index is 6.17. The van der Waals surface area contributed by atoms with Gasteiger partial charge in [-0.3, -0.25) is 0 Å². The lowest BCUT2D eigenvalue weighted by Crippen LogP contribution is -2.36. The summed E-state index contributed by atoms with van der Waals surface area (Å²) in [6.45, 7) is 10.4. The van der Waals surface area contributed by atoms with Crippen LogP contribution in [-0.2, 0) is 0 Å². The van der Waals surface area contributed by atoms with E-state index in [1.54, 1.807) is 0 Å². The van der Waals surface area contributed by atoms with Gasteiger partial charge in [0.1, 0.15) is 0 Å². The van der Waals surface area contributed by atoms with Gasteiger partial charge in [-0.1, -0.05) is 83.3 Å². The monoisotopic (exact) mass is 289 g/mol. The lowest BCUT2D eigenvalue weighted by molar-refractivity contribution is 0.461. The zero-order valence-corrected chi connectivity index (χ0v) is 14.3. The molecule has 1 atom stereocenters. The lowest BCUT2D eigenvalue weighted by Gasteiger charge is -2.24. The molecule has 116 valence electrons. The Morgan fingerprint density at radius 1 is 0.895 bits per heavy atom. The largest absolute Gasteiger partial charge is 0.322 e. The Hall–Kier alpha value is -0.0100. The summed E-state index contributed by atoms with van der Waals surface area (Å²) in [5.74, 6) is 0. The third-order valence-corrected chi connectivity index (χ3v) is 4.02. The van der Waals surface area contributed by atoms with Gasteiger partial charge in [-0.2, -0.15) is 0 Å². The third kappa shape index (κ3) is 12.8. The van der Waals surface area contributed by atoms with E-state index >= 15 is 0 Å². The fourth-order valence-electron chi connectivity index (χ4n) is 2.19. The van der Waals surface area contributed by atoms with Gasteiger partial charge in [0.25, 0.3) is 0 Å². The first-order chi connectivity index (χ1) is 8.50. The maximum Gasteiger partial charge on any atom is 0.0334 e. The molecule has 0 heterocycles. The Kier molecular flexibility index (Phi) is 14.6. The van der Waals surface area contributed by atoms with Crippen LogP contribution in [0.25, 0.3) is 0 Å². The van der Waals surface area contributed by atoms with E-state index in [0.717, 1.165) is 12.0 Å². The average molecular weight is 290 g/mol. The Bertz CT molecular complexity index is 211. The van der Waals surface area contributed by atoms with Gasteiger partial charge in [-0.05, 0) is 20.3 Å². The van der Waals surface area contributed by atoms with Gasteiger partial charge in [0.15, 0.2) is 0 Å². The number of hydrogen-bond donors (Lipinski definition) is 1. The highest BCUT2D eigenvalue weighted by Crippen LogP contribution is 2.19. The highest BCUT2D eigenvalue weighted by atomic mass is 35.5. The lowest BCUT2D eigenvalue weighted by atomic mass is 9.89. The molecule has 0 bridgehead atoms. The molecule has 0 radical (unpaired) electrons. The molecule has 0 aliphatic heterocycles. The van der Waals surface area contributed by atoms with E-state index in [0.29, 0.717) is 0 Å². The van der Waals surface area contributed by atoms with Gasteiger partial charge >= 0.3 is 0 Å². The molecule has 2 N–H and O–H groups in total. The van der Waals surface area contributed by atoms with Crippen molar-refractivity contribution in [2.24, 2.45) is 5.73 Å². The minimum absolute atomic E-state index is 0. The number of nitrogens with two attached hydrogens (primary N) is 1. The summed E-state index contributed by atoms with van der Waals surface area (Å²) >= 11 is 0. The van der Waals surface area contributed by atoms with Crippen molar-refractivity contribution in [2.45, 2.75) is 96.9 Å². The summed E-state index contributed by atoms with van der Waals surface area (Å²) in [5, 5.41) is 0. The van der Waals surface area contributed by atoms with Gasteiger partial charge < -0.3 is 5.73 Å². The number of halogens is 1. The second kappa shape index (κ2) is 13.0. The second-order valence-corrected chi connectivity index (χ2v) is 6.13. The van der Waals surface area contributed by atoms with Crippen LogP contribution in [0.4, 0.5) is 0 Å². The minimum atomic E-state index is -0.153. The number of rotatable bonds is 12. The van der Waals surface area contributed by atoms with Crippen LogP contribution < -0.4 is 5.73 Å². The van der Waals surface area contributed by atoms with E-state index < -0.39 is 0 Å². The first-order valence-corrected chi connectivity index (χ1v) is 7.95. The molecule has 0 rings (SSSR count). The molecular formula is C17H36ClN. The fourth-order valence-corrected chi connectivity index (χ4v) is 2.19. The van der Waals surface area contributed by atoms with Crippen LogP contribution in [0.2, 0.25) is 0 Å². The van der Waals surface area contributed by atoms with Gasteiger partial charge in [0.2, 0.25) is 0 Å². The van der Waals surface area contributed by atoms with E-state index in [4.69, 9.17) is 5.73 Å². The summed E-state index contributed by atoms with van der Waals surface area (Å²) in [4.78, 5) is 0. The molecule has 0 aromatic rings. The van der Waals surface area contributed by atoms with E-state index in [9.17, 15) is 0 Å². The fraction of sp³-hybridized carbons (Fsp3) is 0.882. The molecule has 0 saturated heterocycles. The molecule has 2 heteroatoms. The van der Waals surface area contributed by atoms with Gasteiger partial charge in [0, 0.05) is 5.54 Å². The zero-order valence-electron chi connectivity index (χ0n) is 13.5. The molecule has 0 fully saturated rings. The first kappa shape index (κ1) is 21.3. The predicted molar refractivity (Wildman–Crippen MR) is 91.1 cm³/mol. The summed E-state index contributed by atoms with van der Waals surface area (Å²) < 4.78 is 0. The van der Waals surface area contributed by atoms with Crippen molar-refractivity contribution < 1.29 is 0 Å². The normalized spacial score (nSPS) is 13.7. The van der Waals surface area contributed by atoms with Gasteiger partial charge in [0.05, 0.1) is 0 Å². The van der Waals surface area contributed by atoms with Crippen LogP contribution in [0.1, 0.15) is 91.4 Å². The van der Waals surface area contributed by atoms with Gasteiger partial charge in [-0.25, -0.2) is 0 Å². The summed E-state index contributed by atoms with van der Waals surface area (Å²) in [5.41, 5.74) is 7.13. The summed E-state index contributed by atoms with van der Waals surface area (Å²) in [6, 6.07) is 0. The van der Waals surface area contributed by atoms with Crippen molar-refractivity contribution in [2.75, 3.05) is 0 Å². The molecular weight excluding hydrogens is 254 g/mol. The van der Waals surface area contributed by atoms with Crippen molar-refractivity contribution >= 4 is 12.4 Å². The predicted octanol–water partition coefficient (Wildman–Crippen LogP) is 6.01. The SMILES string of the molecule is C=C(C)C(C)(N)CCCCCCCCCCCC.Cl. The zero-order chi connectivity index (χ0) is 13.9. The van der Waals surface area contributed by atoms with Crippen LogP contribution in [0.5, 0.6) is 0 Å². The molecule has 1 nitrogen and oxygen atoms in total. The first-order valence-electron chi connectivity index (χ1n) is 7.95. The Balaban J connectivity index is 0. The van der Waals surface area contributed by atoms with Crippen LogP contribution in [0, 0.1) is 0 Å². The summed E-state index contributed by atoms with van der Waals surface area (Å²) in [7, 11) is 0. The molecule has 0 aromatic heterocycles. The molecule has 1 unspecified atom stereocenters. The van der Waals surface area contributed by atoms with Crippen molar-refractivity contribution in [3.63, 3.8) is 0 Å². The Morgan fingerprint density at radius 3 is 1.63 bits per heavy atom. The van der Waals surface area contributed by atoms with Crippen LogP contribution in [0.15, 0.2) is 12.2 Å².